The molecule has 1 aliphatic rings. The van der Waals surface area contributed by atoms with Crippen molar-refractivity contribution >= 4 is 10.0 Å². The number of benzene rings is 1. The second-order valence-electron chi connectivity index (χ2n) is 6.82. The van der Waals surface area contributed by atoms with Gasteiger partial charge in [-0.15, -0.1) is 0 Å². The van der Waals surface area contributed by atoms with Gasteiger partial charge in [-0.1, -0.05) is 13.8 Å². The molecule has 0 radical (unpaired) electrons. The molecule has 0 aliphatic heterocycles. The Morgan fingerprint density at radius 2 is 1.81 bits per heavy atom. The smallest absolute Gasteiger partial charge is 0.241 e. The minimum atomic E-state index is -3.49. The van der Waals surface area contributed by atoms with Gasteiger partial charge in [-0.2, -0.15) is 0 Å². The number of rotatable bonds is 4. The van der Waals surface area contributed by atoms with Gasteiger partial charge in [0, 0.05) is 6.04 Å². The van der Waals surface area contributed by atoms with Crippen molar-refractivity contribution in [3.63, 3.8) is 0 Å². The highest BCUT2D eigenvalue weighted by atomic mass is 32.2. The zero-order valence-corrected chi connectivity index (χ0v) is 14.3. The van der Waals surface area contributed by atoms with Gasteiger partial charge < -0.3 is 4.74 Å². The molecule has 0 bridgehead atoms. The van der Waals surface area contributed by atoms with E-state index in [1.54, 1.807) is 19.2 Å². The molecule has 0 heterocycles. The lowest BCUT2D eigenvalue weighted by molar-refractivity contribution is 0.372. The summed E-state index contributed by atoms with van der Waals surface area (Å²) in [5.41, 5.74) is 1.66. The summed E-state index contributed by atoms with van der Waals surface area (Å²) in [5.74, 6) is 0.686. The van der Waals surface area contributed by atoms with Crippen molar-refractivity contribution in [2.75, 3.05) is 7.11 Å². The van der Waals surface area contributed by atoms with Crippen LogP contribution in [0.4, 0.5) is 0 Å². The van der Waals surface area contributed by atoms with Gasteiger partial charge in [0.25, 0.3) is 0 Å². The Balaban J connectivity index is 2.28. The number of aryl methyl sites for hydroxylation is 2. The van der Waals surface area contributed by atoms with Gasteiger partial charge in [0.05, 0.1) is 12.0 Å². The Kier molecular flexibility index (Phi) is 4.36. The second kappa shape index (κ2) is 5.61. The first-order valence-corrected chi connectivity index (χ1v) is 8.80. The molecule has 0 aromatic heterocycles. The highest BCUT2D eigenvalue weighted by Gasteiger charge is 2.34. The third-order valence-corrected chi connectivity index (χ3v) is 6.05. The van der Waals surface area contributed by atoms with E-state index < -0.39 is 10.0 Å². The van der Waals surface area contributed by atoms with Crippen LogP contribution < -0.4 is 9.46 Å². The molecule has 1 unspecified atom stereocenters. The fraction of sp³-hybridized carbons (Fsp3) is 0.625. The summed E-state index contributed by atoms with van der Waals surface area (Å²) in [5, 5.41) is 0. The fourth-order valence-electron chi connectivity index (χ4n) is 3.27. The molecule has 1 N–H and O–H groups in total. The Morgan fingerprint density at radius 3 is 2.24 bits per heavy atom. The number of hydrogen-bond acceptors (Lipinski definition) is 3. The van der Waals surface area contributed by atoms with Gasteiger partial charge in [-0.05, 0) is 61.8 Å². The Morgan fingerprint density at radius 1 is 1.24 bits per heavy atom. The lowest BCUT2D eigenvalue weighted by atomic mass is 9.92. The van der Waals surface area contributed by atoms with Crippen molar-refractivity contribution < 1.29 is 13.2 Å². The van der Waals surface area contributed by atoms with E-state index in [9.17, 15) is 8.42 Å². The molecule has 1 atom stereocenters. The topological polar surface area (TPSA) is 55.4 Å². The first-order valence-electron chi connectivity index (χ1n) is 7.32. The summed E-state index contributed by atoms with van der Waals surface area (Å²) in [6.45, 7) is 7.99. The maximum absolute atomic E-state index is 12.7. The van der Waals surface area contributed by atoms with Gasteiger partial charge in [0.15, 0.2) is 0 Å². The molecule has 1 saturated carbocycles. The van der Waals surface area contributed by atoms with Crippen molar-refractivity contribution in [3.8, 4) is 5.75 Å². The molecule has 0 amide bonds. The van der Waals surface area contributed by atoms with Crippen LogP contribution in [0.2, 0.25) is 0 Å². The summed E-state index contributed by atoms with van der Waals surface area (Å²) in [4.78, 5) is 0.382. The standard InChI is InChI=1S/C16H25NO3S/c1-11-8-14(20-5)9-12(2)15(11)21(18,19)17-13-6-7-16(3,4)10-13/h8-9,13,17H,6-7,10H2,1-5H3. The number of methoxy groups -OCH3 is 1. The molecule has 0 spiro atoms. The monoisotopic (exact) mass is 311 g/mol. The van der Waals surface area contributed by atoms with Crippen LogP contribution in [-0.4, -0.2) is 21.6 Å². The Hall–Kier alpha value is -1.07. The third-order valence-electron chi connectivity index (χ3n) is 4.23. The van der Waals surface area contributed by atoms with Crippen molar-refractivity contribution in [3.05, 3.63) is 23.3 Å². The van der Waals surface area contributed by atoms with Crippen LogP contribution in [0.3, 0.4) is 0 Å². The van der Waals surface area contributed by atoms with Gasteiger partial charge in [-0.3, -0.25) is 0 Å². The van der Waals surface area contributed by atoms with Crippen molar-refractivity contribution in [1.29, 1.82) is 0 Å². The van der Waals surface area contributed by atoms with Gasteiger partial charge in [-0.25, -0.2) is 13.1 Å². The first kappa shape index (κ1) is 16.3. The van der Waals surface area contributed by atoms with Crippen LogP contribution in [0.1, 0.15) is 44.2 Å². The largest absolute Gasteiger partial charge is 0.497 e. The third kappa shape index (κ3) is 3.58. The van der Waals surface area contributed by atoms with Gasteiger partial charge in [0.2, 0.25) is 10.0 Å². The van der Waals surface area contributed by atoms with Crippen LogP contribution in [0, 0.1) is 19.3 Å². The van der Waals surface area contributed by atoms with E-state index in [0.717, 1.165) is 30.4 Å². The van der Waals surface area contributed by atoms with E-state index in [4.69, 9.17) is 4.74 Å². The van der Waals surface area contributed by atoms with Gasteiger partial charge >= 0.3 is 0 Å². The van der Waals surface area contributed by atoms with E-state index in [1.807, 2.05) is 13.8 Å². The van der Waals surface area contributed by atoms with Crippen LogP contribution in [-0.2, 0) is 10.0 Å². The van der Waals surface area contributed by atoms with E-state index in [0.29, 0.717) is 10.6 Å². The van der Waals surface area contributed by atoms with E-state index >= 15 is 0 Å². The van der Waals surface area contributed by atoms with E-state index in [2.05, 4.69) is 18.6 Å². The molecule has 1 aromatic carbocycles. The van der Waals surface area contributed by atoms with Crippen LogP contribution in [0.25, 0.3) is 0 Å². The summed E-state index contributed by atoms with van der Waals surface area (Å²) < 4.78 is 33.4. The predicted octanol–water partition coefficient (Wildman–Crippen LogP) is 3.17. The normalized spacial score (nSPS) is 21.5. The zero-order chi connectivity index (χ0) is 15.8. The maximum Gasteiger partial charge on any atom is 0.241 e. The second-order valence-corrected chi connectivity index (χ2v) is 8.47. The molecule has 21 heavy (non-hydrogen) atoms. The summed E-state index contributed by atoms with van der Waals surface area (Å²) in [6.07, 6.45) is 2.85. The fourth-order valence-corrected chi connectivity index (χ4v) is 4.99. The zero-order valence-electron chi connectivity index (χ0n) is 13.5. The molecule has 1 aliphatic carbocycles. The molecule has 5 heteroatoms. The molecule has 1 fully saturated rings. The molecule has 0 saturated heterocycles. The highest BCUT2D eigenvalue weighted by molar-refractivity contribution is 7.89. The molecule has 1 aromatic rings. The molecule has 4 nitrogen and oxygen atoms in total. The summed E-state index contributed by atoms with van der Waals surface area (Å²) >= 11 is 0. The highest BCUT2D eigenvalue weighted by Crippen LogP contribution is 2.37. The molecule has 118 valence electrons. The first-order chi connectivity index (χ1) is 9.64. The van der Waals surface area contributed by atoms with Crippen LogP contribution >= 0.6 is 0 Å². The molecular formula is C16H25NO3S. The van der Waals surface area contributed by atoms with Crippen LogP contribution in [0.5, 0.6) is 5.75 Å². The van der Waals surface area contributed by atoms with Crippen molar-refractivity contribution in [2.24, 2.45) is 5.41 Å². The quantitative estimate of drug-likeness (QED) is 0.929. The van der Waals surface area contributed by atoms with Crippen LogP contribution in [0.15, 0.2) is 17.0 Å². The van der Waals surface area contributed by atoms with Gasteiger partial charge in [0.1, 0.15) is 5.75 Å². The summed E-state index contributed by atoms with van der Waals surface area (Å²) in [6, 6.07) is 3.56. The average molecular weight is 311 g/mol. The average Bonchev–Trinajstić information content (AvgIpc) is 2.66. The predicted molar refractivity (Wildman–Crippen MR) is 84.2 cm³/mol. The number of nitrogens with one attached hydrogen (secondary N) is 1. The molecule has 2 rings (SSSR count). The van der Waals surface area contributed by atoms with Crippen molar-refractivity contribution in [1.82, 2.24) is 4.72 Å². The Bertz CT molecular complexity index is 612. The Labute approximate surface area is 127 Å². The maximum atomic E-state index is 12.7. The van der Waals surface area contributed by atoms with Crippen molar-refractivity contribution in [2.45, 2.75) is 57.9 Å². The number of ether oxygens (including phenoxy) is 1. The number of sulfonamides is 1. The minimum absolute atomic E-state index is 0.0332. The lowest BCUT2D eigenvalue weighted by Gasteiger charge is -2.19. The summed E-state index contributed by atoms with van der Waals surface area (Å²) in [7, 11) is -1.90. The SMILES string of the molecule is COc1cc(C)c(S(=O)(=O)NC2CCC(C)(C)C2)c(C)c1. The lowest BCUT2D eigenvalue weighted by Crippen LogP contribution is -2.34. The molecular weight excluding hydrogens is 286 g/mol. The number of hydrogen-bond donors (Lipinski definition) is 1. The van der Waals surface area contributed by atoms with E-state index in [-0.39, 0.29) is 11.5 Å². The van der Waals surface area contributed by atoms with E-state index in [1.165, 1.54) is 0 Å². The minimum Gasteiger partial charge on any atom is -0.497 e.